The molecule has 1 aliphatic rings. The van der Waals surface area contributed by atoms with E-state index in [9.17, 15) is 9.59 Å². The fraction of sp³-hybridized carbons (Fsp3) is 0.619. The van der Waals surface area contributed by atoms with Crippen molar-refractivity contribution in [2.24, 2.45) is 5.41 Å². The lowest BCUT2D eigenvalue weighted by Crippen LogP contribution is -2.44. The van der Waals surface area contributed by atoms with Gasteiger partial charge in [0.1, 0.15) is 0 Å². The van der Waals surface area contributed by atoms with Gasteiger partial charge in [-0.15, -0.1) is 0 Å². The van der Waals surface area contributed by atoms with Crippen molar-refractivity contribution in [3.8, 4) is 0 Å². The van der Waals surface area contributed by atoms with E-state index < -0.39 is 0 Å². The van der Waals surface area contributed by atoms with Crippen LogP contribution in [0.3, 0.4) is 0 Å². The zero-order valence-corrected chi connectivity index (χ0v) is 16.7. The topological polar surface area (TPSA) is 52.7 Å². The smallest absolute Gasteiger partial charge is 0.317 e. The minimum absolute atomic E-state index is 0.0195. The largest absolute Gasteiger partial charge is 0.341 e. The van der Waals surface area contributed by atoms with Crippen LogP contribution in [0.4, 0.5) is 4.79 Å². The quantitative estimate of drug-likeness (QED) is 0.897. The van der Waals surface area contributed by atoms with E-state index in [1.165, 1.54) is 11.1 Å². The maximum absolute atomic E-state index is 12.5. The van der Waals surface area contributed by atoms with E-state index in [2.05, 4.69) is 51.2 Å². The first kappa shape index (κ1) is 20.3. The molecule has 0 bridgehead atoms. The van der Waals surface area contributed by atoms with Crippen LogP contribution in [0.2, 0.25) is 0 Å². The molecule has 1 fully saturated rings. The van der Waals surface area contributed by atoms with Crippen molar-refractivity contribution in [1.82, 2.24) is 15.1 Å². The second-order valence-corrected chi connectivity index (χ2v) is 8.43. The van der Waals surface area contributed by atoms with Crippen LogP contribution in [0.5, 0.6) is 0 Å². The molecule has 26 heavy (non-hydrogen) atoms. The van der Waals surface area contributed by atoms with Gasteiger partial charge in [0.15, 0.2) is 0 Å². The van der Waals surface area contributed by atoms with Gasteiger partial charge < -0.3 is 15.1 Å². The Morgan fingerprint density at radius 2 is 1.77 bits per heavy atom. The molecule has 5 nitrogen and oxygen atoms in total. The Hall–Kier alpha value is -2.04. The molecule has 0 unspecified atom stereocenters. The molecule has 1 N–H and O–H groups in total. The Balaban J connectivity index is 1.79. The number of carbonyl (C=O) groups excluding carboxylic acids is 2. The fourth-order valence-corrected chi connectivity index (χ4v) is 3.10. The molecule has 5 heteroatoms. The second-order valence-electron chi connectivity index (χ2n) is 8.43. The molecular weight excluding hydrogens is 326 g/mol. The van der Waals surface area contributed by atoms with Gasteiger partial charge >= 0.3 is 6.03 Å². The van der Waals surface area contributed by atoms with Crippen molar-refractivity contribution in [1.29, 1.82) is 0 Å². The Bertz CT molecular complexity index is 622. The summed E-state index contributed by atoms with van der Waals surface area (Å²) in [6.45, 7) is 11.7. The summed E-state index contributed by atoms with van der Waals surface area (Å²) in [6.07, 6.45) is 2.13. The molecular formula is C21H33N3O2. The SMILES string of the molecule is Cc1cccc(CCC(=O)N2CCCN(C(=O)NCC(C)(C)C)CC2)c1. The lowest BCUT2D eigenvalue weighted by Gasteiger charge is -2.25. The zero-order chi connectivity index (χ0) is 19.2. The van der Waals surface area contributed by atoms with Gasteiger partial charge in [-0.1, -0.05) is 50.6 Å². The molecule has 0 spiro atoms. The summed E-state index contributed by atoms with van der Waals surface area (Å²) < 4.78 is 0. The number of hydrogen-bond donors (Lipinski definition) is 1. The first-order valence-corrected chi connectivity index (χ1v) is 9.61. The Kier molecular flexibility index (Phi) is 7.06. The number of hydrogen-bond acceptors (Lipinski definition) is 2. The monoisotopic (exact) mass is 359 g/mol. The van der Waals surface area contributed by atoms with Gasteiger partial charge in [-0.2, -0.15) is 0 Å². The number of aryl methyl sites for hydroxylation is 2. The Morgan fingerprint density at radius 1 is 1.08 bits per heavy atom. The molecule has 0 aliphatic carbocycles. The summed E-state index contributed by atoms with van der Waals surface area (Å²) >= 11 is 0. The number of carbonyl (C=O) groups is 2. The number of rotatable bonds is 4. The van der Waals surface area contributed by atoms with Crippen molar-refractivity contribution < 1.29 is 9.59 Å². The summed E-state index contributed by atoms with van der Waals surface area (Å²) in [5.41, 5.74) is 2.50. The predicted octanol–water partition coefficient (Wildman–Crippen LogP) is 3.22. The molecule has 1 aromatic rings. The lowest BCUT2D eigenvalue weighted by molar-refractivity contribution is -0.131. The highest BCUT2D eigenvalue weighted by Crippen LogP contribution is 2.12. The minimum Gasteiger partial charge on any atom is -0.341 e. The van der Waals surface area contributed by atoms with Gasteiger partial charge in [0.2, 0.25) is 5.91 Å². The predicted molar refractivity (Wildman–Crippen MR) is 105 cm³/mol. The highest BCUT2D eigenvalue weighted by molar-refractivity contribution is 5.77. The maximum Gasteiger partial charge on any atom is 0.317 e. The highest BCUT2D eigenvalue weighted by atomic mass is 16.2. The van der Waals surface area contributed by atoms with Gasteiger partial charge in [0, 0.05) is 39.1 Å². The second kappa shape index (κ2) is 9.06. The molecule has 3 amide bonds. The van der Waals surface area contributed by atoms with Crippen LogP contribution in [0.15, 0.2) is 24.3 Å². The van der Waals surface area contributed by atoms with Gasteiger partial charge in [0.05, 0.1) is 0 Å². The molecule has 0 atom stereocenters. The molecule has 0 aromatic heterocycles. The van der Waals surface area contributed by atoms with Gasteiger partial charge in [-0.3, -0.25) is 4.79 Å². The van der Waals surface area contributed by atoms with E-state index in [0.29, 0.717) is 32.6 Å². The van der Waals surface area contributed by atoms with Crippen LogP contribution in [-0.2, 0) is 11.2 Å². The van der Waals surface area contributed by atoms with Crippen molar-refractivity contribution in [3.05, 3.63) is 35.4 Å². The fourth-order valence-electron chi connectivity index (χ4n) is 3.10. The summed E-state index contributed by atoms with van der Waals surface area (Å²) in [5.74, 6) is 0.184. The van der Waals surface area contributed by atoms with Crippen LogP contribution >= 0.6 is 0 Å². The first-order valence-electron chi connectivity index (χ1n) is 9.61. The van der Waals surface area contributed by atoms with Crippen LogP contribution in [0.1, 0.15) is 44.7 Å². The van der Waals surface area contributed by atoms with Crippen molar-refractivity contribution >= 4 is 11.9 Å². The van der Waals surface area contributed by atoms with Gasteiger partial charge in [0.25, 0.3) is 0 Å². The van der Waals surface area contributed by atoms with Gasteiger partial charge in [-0.05, 0) is 30.7 Å². The van der Waals surface area contributed by atoms with Crippen LogP contribution in [0, 0.1) is 12.3 Å². The molecule has 2 rings (SSSR count). The van der Waals surface area contributed by atoms with Crippen molar-refractivity contribution in [2.45, 2.75) is 47.0 Å². The Labute approximate surface area is 157 Å². The van der Waals surface area contributed by atoms with Crippen LogP contribution < -0.4 is 5.32 Å². The molecule has 0 saturated carbocycles. The summed E-state index contributed by atoms with van der Waals surface area (Å²) in [4.78, 5) is 28.6. The third kappa shape index (κ3) is 6.70. The van der Waals surface area contributed by atoms with E-state index in [1.54, 1.807) is 0 Å². The number of nitrogens with one attached hydrogen (secondary N) is 1. The standard InChI is InChI=1S/C21H33N3O2/c1-17-7-5-8-18(15-17)9-10-19(25)23-11-6-12-24(14-13-23)20(26)22-16-21(2,3)4/h5,7-8,15H,6,9-14,16H2,1-4H3,(H,22,26). The number of urea groups is 1. The normalized spacial score (nSPS) is 15.5. The summed E-state index contributed by atoms with van der Waals surface area (Å²) in [6, 6.07) is 8.30. The van der Waals surface area contributed by atoms with E-state index in [4.69, 9.17) is 0 Å². The van der Waals surface area contributed by atoms with Crippen molar-refractivity contribution in [2.75, 3.05) is 32.7 Å². The lowest BCUT2D eigenvalue weighted by atomic mass is 9.97. The molecule has 144 valence electrons. The molecule has 1 heterocycles. The van der Waals surface area contributed by atoms with Crippen LogP contribution in [-0.4, -0.2) is 54.5 Å². The average Bonchev–Trinajstić information content (AvgIpc) is 2.83. The molecule has 1 aliphatic heterocycles. The van der Waals surface area contributed by atoms with Crippen LogP contribution in [0.25, 0.3) is 0 Å². The summed E-state index contributed by atoms with van der Waals surface area (Å²) in [7, 11) is 0. The first-order chi connectivity index (χ1) is 12.2. The van der Waals surface area contributed by atoms with Crippen molar-refractivity contribution in [3.63, 3.8) is 0 Å². The van der Waals surface area contributed by atoms with E-state index in [0.717, 1.165) is 19.4 Å². The average molecular weight is 360 g/mol. The third-order valence-corrected chi connectivity index (χ3v) is 4.62. The zero-order valence-electron chi connectivity index (χ0n) is 16.7. The van der Waals surface area contributed by atoms with E-state index >= 15 is 0 Å². The van der Waals surface area contributed by atoms with E-state index in [1.807, 2.05) is 15.9 Å². The molecule has 1 saturated heterocycles. The number of amides is 3. The molecule has 0 radical (unpaired) electrons. The van der Waals surface area contributed by atoms with E-state index in [-0.39, 0.29) is 17.4 Å². The summed E-state index contributed by atoms with van der Waals surface area (Å²) in [5, 5.41) is 3.00. The highest BCUT2D eigenvalue weighted by Gasteiger charge is 2.22. The molecule has 1 aromatic carbocycles. The minimum atomic E-state index is -0.0195. The number of nitrogens with zero attached hydrogens (tertiary/aromatic N) is 2. The number of benzene rings is 1. The third-order valence-electron chi connectivity index (χ3n) is 4.62. The Morgan fingerprint density at radius 3 is 2.46 bits per heavy atom. The van der Waals surface area contributed by atoms with Gasteiger partial charge in [-0.25, -0.2) is 4.79 Å². The maximum atomic E-state index is 12.5.